The molecule has 5 aromatic rings. The Morgan fingerprint density at radius 2 is 0.833 bits per heavy atom. The number of hydrogen-bond donors (Lipinski definition) is 0. The van der Waals surface area contributed by atoms with Crippen molar-refractivity contribution in [3.63, 3.8) is 0 Å². The highest BCUT2D eigenvalue weighted by molar-refractivity contribution is 7.94. The highest BCUT2D eigenvalue weighted by Gasteiger charge is 2.25. The minimum atomic E-state index is -2.00. The SMILES string of the molecule is C(c1cccc2ccccc12)=P(c1ccccc1)(c1ccccc1)c1ccccc1. The van der Waals surface area contributed by atoms with Crippen LogP contribution < -0.4 is 15.9 Å². The van der Waals surface area contributed by atoms with E-state index in [-0.39, 0.29) is 0 Å². The Morgan fingerprint density at radius 3 is 1.37 bits per heavy atom. The van der Waals surface area contributed by atoms with E-state index in [0.29, 0.717) is 0 Å². The van der Waals surface area contributed by atoms with E-state index in [4.69, 9.17) is 0 Å². The fourth-order valence-corrected chi connectivity index (χ4v) is 8.14. The van der Waals surface area contributed by atoms with Crippen molar-refractivity contribution in [1.82, 2.24) is 0 Å². The van der Waals surface area contributed by atoms with Crippen molar-refractivity contribution in [2.24, 2.45) is 0 Å². The second kappa shape index (κ2) is 8.19. The van der Waals surface area contributed by atoms with Gasteiger partial charge in [0.05, 0.1) is 0 Å². The Kier molecular flexibility index (Phi) is 5.10. The Morgan fingerprint density at radius 1 is 0.400 bits per heavy atom. The van der Waals surface area contributed by atoms with Crippen LogP contribution in [0.3, 0.4) is 0 Å². The van der Waals surface area contributed by atoms with Gasteiger partial charge in [-0.15, -0.1) is 0 Å². The zero-order valence-corrected chi connectivity index (χ0v) is 17.6. The molecule has 0 aliphatic rings. The van der Waals surface area contributed by atoms with Crippen LogP contribution in [0, 0.1) is 0 Å². The van der Waals surface area contributed by atoms with E-state index in [2.05, 4.69) is 139 Å². The van der Waals surface area contributed by atoms with Gasteiger partial charge in [0.15, 0.2) is 0 Å². The highest BCUT2D eigenvalue weighted by Crippen LogP contribution is 2.44. The molecule has 0 unspecified atom stereocenters. The fraction of sp³-hybridized carbons (Fsp3) is 0. The summed E-state index contributed by atoms with van der Waals surface area (Å²) < 4.78 is 0. The summed E-state index contributed by atoms with van der Waals surface area (Å²) in [4.78, 5) is 0. The van der Waals surface area contributed by atoms with Crippen molar-refractivity contribution in [2.75, 3.05) is 0 Å². The predicted octanol–water partition coefficient (Wildman–Crippen LogP) is 5.98. The first-order chi connectivity index (χ1) is 14.9. The molecule has 0 nitrogen and oxygen atoms in total. The summed E-state index contributed by atoms with van der Waals surface area (Å²) in [6.45, 7) is -2.00. The van der Waals surface area contributed by atoms with Gasteiger partial charge >= 0.3 is 0 Å². The Hall–Kier alpha value is -3.34. The standard InChI is InChI=1S/C29H23P/c1-4-16-26(17-5-1)30(27-18-6-2-7-19-27,28-20-8-3-9-21-28)23-25-15-12-14-24-13-10-11-22-29(24)25/h1-23H. The monoisotopic (exact) mass is 402 g/mol. The lowest BCUT2D eigenvalue weighted by atomic mass is 10.1. The second-order valence-corrected chi connectivity index (χ2v) is 10.7. The van der Waals surface area contributed by atoms with Gasteiger partial charge in [0.2, 0.25) is 0 Å². The average Bonchev–Trinajstić information content (AvgIpc) is 2.84. The van der Waals surface area contributed by atoms with E-state index in [1.165, 1.54) is 32.2 Å². The molecule has 0 bridgehead atoms. The summed E-state index contributed by atoms with van der Waals surface area (Å²) in [6.07, 6.45) is 0. The molecular weight excluding hydrogens is 379 g/mol. The van der Waals surface area contributed by atoms with Crippen molar-refractivity contribution in [3.05, 3.63) is 139 Å². The molecule has 0 saturated heterocycles. The van der Waals surface area contributed by atoms with Crippen molar-refractivity contribution in [3.8, 4) is 0 Å². The van der Waals surface area contributed by atoms with Gasteiger partial charge in [0, 0.05) is 0 Å². The minimum Gasteiger partial charge on any atom is -0.0622 e. The van der Waals surface area contributed by atoms with Crippen LogP contribution in [0.4, 0.5) is 0 Å². The van der Waals surface area contributed by atoms with Crippen LogP contribution in [0.1, 0.15) is 5.56 Å². The second-order valence-electron chi connectivity index (χ2n) is 7.43. The van der Waals surface area contributed by atoms with Crippen LogP contribution in [0.2, 0.25) is 0 Å². The summed E-state index contributed by atoms with van der Waals surface area (Å²) in [6, 6.07) is 48.3. The van der Waals surface area contributed by atoms with Crippen molar-refractivity contribution < 1.29 is 0 Å². The van der Waals surface area contributed by atoms with Gasteiger partial charge in [-0.05, 0) is 44.9 Å². The third kappa shape index (κ3) is 3.30. The lowest BCUT2D eigenvalue weighted by Gasteiger charge is -2.29. The number of fused-ring (bicyclic) bond motifs is 1. The minimum absolute atomic E-state index is 1.28. The molecule has 0 aromatic heterocycles. The number of hydrogen-bond acceptors (Lipinski definition) is 0. The maximum atomic E-state index is 2.55. The van der Waals surface area contributed by atoms with Crippen LogP contribution in [-0.4, -0.2) is 5.80 Å². The molecule has 0 heterocycles. The van der Waals surface area contributed by atoms with Crippen LogP contribution >= 0.6 is 6.89 Å². The van der Waals surface area contributed by atoms with Gasteiger partial charge < -0.3 is 0 Å². The molecule has 5 aromatic carbocycles. The van der Waals surface area contributed by atoms with E-state index in [9.17, 15) is 0 Å². The van der Waals surface area contributed by atoms with E-state index in [1.54, 1.807) is 0 Å². The fourth-order valence-electron chi connectivity index (χ4n) is 4.23. The third-order valence-electron chi connectivity index (χ3n) is 5.65. The van der Waals surface area contributed by atoms with Gasteiger partial charge in [-0.25, -0.2) is 0 Å². The predicted molar refractivity (Wildman–Crippen MR) is 134 cm³/mol. The molecule has 5 rings (SSSR count). The quantitative estimate of drug-likeness (QED) is 0.324. The van der Waals surface area contributed by atoms with Crippen molar-refractivity contribution >= 4 is 39.4 Å². The number of rotatable bonds is 4. The lowest BCUT2D eigenvalue weighted by molar-refractivity contribution is 1.72. The maximum absolute atomic E-state index is 2.55. The van der Waals surface area contributed by atoms with Gasteiger partial charge in [-0.2, -0.15) is 0 Å². The van der Waals surface area contributed by atoms with E-state index < -0.39 is 6.89 Å². The Balaban J connectivity index is 1.95. The van der Waals surface area contributed by atoms with E-state index >= 15 is 0 Å². The molecular formula is C29H23P. The molecule has 30 heavy (non-hydrogen) atoms. The first-order valence-electron chi connectivity index (χ1n) is 10.3. The zero-order chi connectivity index (χ0) is 20.2. The largest absolute Gasteiger partial charge is 0.0622 e. The Labute approximate surface area is 178 Å². The van der Waals surface area contributed by atoms with Gasteiger partial charge in [0.25, 0.3) is 0 Å². The smallest absolute Gasteiger partial charge is 0.0111 e. The summed E-state index contributed by atoms with van der Waals surface area (Å²) in [5.41, 5.74) is 1.29. The van der Waals surface area contributed by atoms with Crippen LogP contribution in [-0.2, 0) is 0 Å². The molecule has 0 amide bonds. The normalized spacial score (nSPS) is 11.3. The van der Waals surface area contributed by atoms with E-state index in [1.807, 2.05) is 0 Å². The summed E-state index contributed by atoms with van der Waals surface area (Å²) in [5.74, 6) is 2.55. The first kappa shape index (κ1) is 18.7. The van der Waals surface area contributed by atoms with E-state index in [0.717, 1.165) is 0 Å². The molecule has 0 spiro atoms. The summed E-state index contributed by atoms with van der Waals surface area (Å²) in [5, 5.41) is 6.69. The molecule has 0 radical (unpaired) electrons. The van der Waals surface area contributed by atoms with Gasteiger partial charge in [-0.3, -0.25) is 0 Å². The van der Waals surface area contributed by atoms with Crippen LogP contribution in [0.15, 0.2) is 133 Å². The van der Waals surface area contributed by atoms with Crippen molar-refractivity contribution in [2.45, 2.75) is 0 Å². The maximum Gasteiger partial charge on any atom is -0.0111 e. The molecule has 0 aliphatic carbocycles. The zero-order valence-electron chi connectivity index (χ0n) is 16.7. The summed E-state index contributed by atoms with van der Waals surface area (Å²) in [7, 11) is 0. The number of benzene rings is 5. The average molecular weight is 402 g/mol. The van der Waals surface area contributed by atoms with Gasteiger partial charge in [0.1, 0.15) is 0 Å². The first-order valence-corrected chi connectivity index (χ1v) is 12.1. The van der Waals surface area contributed by atoms with Gasteiger partial charge in [-0.1, -0.05) is 133 Å². The molecule has 0 fully saturated rings. The Bertz CT molecular complexity index is 1210. The van der Waals surface area contributed by atoms with Crippen molar-refractivity contribution in [1.29, 1.82) is 0 Å². The molecule has 0 N–H and O–H groups in total. The highest BCUT2D eigenvalue weighted by atomic mass is 31.2. The topological polar surface area (TPSA) is 0 Å². The molecule has 144 valence electrons. The molecule has 0 saturated carbocycles. The summed E-state index contributed by atoms with van der Waals surface area (Å²) >= 11 is 0. The molecule has 1 heteroatoms. The molecule has 0 aliphatic heterocycles. The molecule has 0 atom stereocenters. The lowest BCUT2D eigenvalue weighted by Crippen LogP contribution is -2.27. The van der Waals surface area contributed by atoms with Crippen LogP contribution in [0.25, 0.3) is 10.8 Å². The third-order valence-corrected chi connectivity index (χ3v) is 9.65. The van der Waals surface area contributed by atoms with Crippen LogP contribution in [0.5, 0.6) is 0 Å².